The molecule has 0 saturated carbocycles. The summed E-state index contributed by atoms with van der Waals surface area (Å²) >= 11 is 0.942. The predicted octanol–water partition coefficient (Wildman–Crippen LogP) is 1.04. The summed E-state index contributed by atoms with van der Waals surface area (Å²) in [5, 5.41) is 32.8. The Bertz CT molecular complexity index is 1200. The minimum absolute atomic E-state index is 0.00355. The quantitative estimate of drug-likeness (QED) is 0.165. The van der Waals surface area contributed by atoms with E-state index in [9.17, 15) is 29.5 Å². The van der Waals surface area contributed by atoms with Crippen LogP contribution in [0.3, 0.4) is 0 Å². The Kier molecular flexibility index (Phi) is 11.2. The molecule has 39 heavy (non-hydrogen) atoms. The second kappa shape index (κ2) is 14.0. The number of thioether (sulfide) groups is 1. The predicted molar refractivity (Wildman–Crippen MR) is 145 cm³/mol. The number of nitrogens with two attached hydrogens (primary N) is 1. The Labute approximate surface area is 230 Å². The SMILES string of the molecule is CC(C)(CO)C(=O)SCCOP(=O)(NCc1ccccc1)OC[C@H]1O[C@@H](n2ccc(N)nc2=O)C(O)C[C@H]1O. The molecule has 3 rings (SSSR count). The molecule has 216 valence electrons. The van der Waals surface area contributed by atoms with Crippen molar-refractivity contribution in [3.05, 3.63) is 58.6 Å². The molecule has 0 aliphatic carbocycles. The van der Waals surface area contributed by atoms with E-state index >= 15 is 0 Å². The van der Waals surface area contributed by atoms with Gasteiger partial charge in [0.25, 0.3) is 0 Å². The molecule has 6 N–H and O–H groups in total. The van der Waals surface area contributed by atoms with Crippen LogP contribution < -0.4 is 16.5 Å². The van der Waals surface area contributed by atoms with Gasteiger partial charge in [0.2, 0.25) is 0 Å². The maximum absolute atomic E-state index is 13.6. The molecule has 1 saturated heterocycles. The van der Waals surface area contributed by atoms with Gasteiger partial charge in [-0.25, -0.2) is 14.4 Å². The highest BCUT2D eigenvalue weighted by atomic mass is 32.2. The number of carbonyl (C=O) groups is 1. The van der Waals surface area contributed by atoms with E-state index in [1.54, 1.807) is 13.8 Å². The van der Waals surface area contributed by atoms with Gasteiger partial charge in [0.15, 0.2) is 11.3 Å². The highest BCUT2D eigenvalue weighted by Gasteiger charge is 2.39. The molecule has 0 amide bonds. The summed E-state index contributed by atoms with van der Waals surface area (Å²) in [6.07, 6.45) is -3.49. The van der Waals surface area contributed by atoms with Crippen LogP contribution in [-0.2, 0) is 29.7 Å². The number of anilines is 1. The molecule has 0 bridgehead atoms. The molecular formula is C24H35N4O9PS. The highest BCUT2D eigenvalue weighted by molar-refractivity contribution is 8.13. The number of ether oxygens (including phenoxy) is 1. The van der Waals surface area contributed by atoms with E-state index in [0.717, 1.165) is 21.9 Å². The largest absolute Gasteiger partial charge is 0.405 e. The van der Waals surface area contributed by atoms with Gasteiger partial charge in [0.1, 0.15) is 18.0 Å². The smallest absolute Gasteiger partial charge is 0.395 e. The summed E-state index contributed by atoms with van der Waals surface area (Å²) in [6.45, 7) is 2.56. The van der Waals surface area contributed by atoms with Crippen molar-refractivity contribution in [3.8, 4) is 0 Å². The molecule has 0 radical (unpaired) electrons. The molecule has 2 heterocycles. The first kappa shape index (κ1) is 31.4. The van der Waals surface area contributed by atoms with Crippen LogP contribution in [0.4, 0.5) is 5.82 Å². The lowest BCUT2D eigenvalue weighted by molar-refractivity contribution is -0.206. The highest BCUT2D eigenvalue weighted by Crippen LogP contribution is 2.45. The zero-order valence-electron chi connectivity index (χ0n) is 21.7. The van der Waals surface area contributed by atoms with Crippen molar-refractivity contribution < 1.29 is 38.5 Å². The molecule has 1 aliphatic rings. The summed E-state index contributed by atoms with van der Waals surface area (Å²) in [5.74, 6) is 0.163. The van der Waals surface area contributed by atoms with Crippen LogP contribution >= 0.6 is 19.5 Å². The second-order valence-corrected chi connectivity index (χ2v) is 12.5. The van der Waals surface area contributed by atoms with Crippen LogP contribution in [0.2, 0.25) is 0 Å². The lowest BCUT2D eigenvalue weighted by Crippen LogP contribution is -2.49. The van der Waals surface area contributed by atoms with Crippen LogP contribution in [0.25, 0.3) is 0 Å². The first-order valence-corrected chi connectivity index (χ1v) is 14.8. The Morgan fingerprint density at radius 2 is 1.97 bits per heavy atom. The molecule has 5 atom stereocenters. The molecule has 1 aliphatic heterocycles. The number of aliphatic hydroxyl groups is 3. The van der Waals surface area contributed by atoms with Gasteiger partial charge in [-0.3, -0.25) is 18.4 Å². The number of benzene rings is 1. The number of aromatic nitrogens is 2. The van der Waals surface area contributed by atoms with E-state index in [0.29, 0.717) is 0 Å². The van der Waals surface area contributed by atoms with Crippen LogP contribution in [-0.4, -0.2) is 73.9 Å². The van der Waals surface area contributed by atoms with E-state index in [1.165, 1.54) is 12.3 Å². The number of hydrogen-bond acceptors (Lipinski definition) is 12. The maximum Gasteiger partial charge on any atom is 0.405 e. The number of nitrogen functional groups attached to an aromatic ring is 1. The van der Waals surface area contributed by atoms with E-state index < -0.39 is 50.0 Å². The molecule has 1 aromatic carbocycles. The third kappa shape index (κ3) is 8.93. The zero-order valence-corrected chi connectivity index (χ0v) is 23.4. The van der Waals surface area contributed by atoms with Gasteiger partial charge in [-0.1, -0.05) is 42.1 Å². The Morgan fingerprint density at radius 3 is 2.64 bits per heavy atom. The first-order valence-electron chi connectivity index (χ1n) is 12.3. The van der Waals surface area contributed by atoms with E-state index in [4.69, 9.17) is 19.5 Å². The molecular weight excluding hydrogens is 551 g/mol. The summed E-state index contributed by atoms with van der Waals surface area (Å²) in [5.41, 5.74) is 4.67. The zero-order chi connectivity index (χ0) is 28.6. The molecule has 2 aromatic rings. The van der Waals surface area contributed by atoms with Crippen LogP contribution in [0, 0.1) is 5.41 Å². The maximum atomic E-state index is 13.6. The number of rotatable bonds is 13. The van der Waals surface area contributed by atoms with Gasteiger partial charge < -0.3 is 25.8 Å². The fraction of sp³-hybridized carbons (Fsp3) is 0.542. The molecule has 0 spiro atoms. The van der Waals surface area contributed by atoms with Crippen LogP contribution in [0.1, 0.15) is 32.1 Å². The minimum atomic E-state index is -3.98. The van der Waals surface area contributed by atoms with Crippen molar-refractivity contribution in [3.63, 3.8) is 0 Å². The summed E-state index contributed by atoms with van der Waals surface area (Å²) < 4.78 is 31.6. The minimum Gasteiger partial charge on any atom is -0.395 e. The van der Waals surface area contributed by atoms with Crippen molar-refractivity contribution in [1.29, 1.82) is 0 Å². The van der Waals surface area contributed by atoms with Crippen LogP contribution in [0.5, 0.6) is 0 Å². The normalized spacial score (nSPS) is 23.3. The van der Waals surface area contributed by atoms with Gasteiger partial charge in [0.05, 0.1) is 31.3 Å². The van der Waals surface area contributed by atoms with Gasteiger partial charge in [0, 0.05) is 24.9 Å². The van der Waals surface area contributed by atoms with Crippen molar-refractivity contribution in [2.75, 3.05) is 31.3 Å². The Hall–Kier alpha value is -2.13. The summed E-state index contributed by atoms with van der Waals surface area (Å²) in [7, 11) is -3.98. The fourth-order valence-corrected chi connectivity index (χ4v) is 5.77. The van der Waals surface area contributed by atoms with Crippen LogP contribution in [0.15, 0.2) is 47.4 Å². The third-order valence-corrected chi connectivity index (χ3v) is 8.68. The van der Waals surface area contributed by atoms with E-state index in [2.05, 4.69) is 10.1 Å². The van der Waals surface area contributed by atoms with Crippen molar-refractivity contribution in [1.82, 2.24) is 14.6 Å². The number of nitrogens with one attached hydrogen (secondary N) is 1. The first-order chi connectivity index (χ1) is 18.4. The van der Waals surface area contributed by atoms with Crippen molar-refractivity contribution >= 4 is 30.4 Å². The average molecular weight is 587 g/mol. The van der Waals surface area contributed by atoms with Gasteiger partial charge in [-0.15, -0.1) is 0 Å². The number of carbonyl (C=O) groups excluding carboxylic acids is 1. The molecule has 2 unspecified atom stereocenters. The third-order valence-electron chi connectivity index (χ3n) is 5.94. The van der Waals surface area contributed by atoms with Gasteiger partial charge in [-0.2, -0.15) is 4.98 Å². The fourth-order valence-electron chi connectivity index (χ4n) is 3.53. The van der Waals surface area contributed by atoms with Gasteiger partial charge in [-0.05, 0) is 25.5 Å². The monoisotopic (exact) mass is 586 g/mol. The van der Waals surface area contributed by atoms with Gasteiger partial charge >= 0.3 is 13.4 Å². The van der Waals surface area contributed by atoms with E-state index in [-0.39, 0.29) is 42.9 Å². The number of hydrogen-bond donors (Lipinski definition) is 5. The molecule has 1 fully saturated rings. The average Bonchev–Trinajstić information content (AvgIpc) is 2.90. The lowest BCUT2D eigenvalue weighted by atomic mass is 9.97. The lowest BCUT2D eigenvalue weighted by Gasteiger charge is -2.37. The van der Waals surface area contributed by atoms with E-state index in [1.807, 2.05) is 30.3 Å². The Balaban J connectivity index is 1.66. The topological polar surface area (TPSA) is 195 Å². The molecule has 1 aromatic heterocycles. The van der Waals surface area contributed by atoms with Crippen molar-refractivity contribution in [2.45, 2.75) is 51.4 Å². The molecule has 13 nitrogen and oxygen atoms in total. The summed E-state index contributed by atoms with van der Waals surface area (Å²) in [6, 6.07) is 10.5. The Morgan fingerprint density at radius 1 is 1.26 bits per heavy atom. The number of aliphatic hydroxyl groups excluding tert-OH is 3. The molecule has 15 heteroatoms. The summed E-state index contributed by atoms with van der Waals surface area (Å²) in [4.78, 5) is 28.1. The standard InChI is InChI=1S/C24H35N4O9PS/c1-24(2,15-29)22(32)39-11-10-35-38(34,26-13-16-6-4-3-5-7-16)36-14-19-17(30)12-18(31)21(37-19)28-9-8-20(25)27-23(28)33/h3-9,17-19,21,29-31H,10-15H2,1-2H3,(H,26,34)(H2,25,27,33)/t17-,18?,19-,21-,38?/m1/s1. The number of nitrogens with zero attached hydrogens (tertiary/aromatic N) is 2. The second-order valence-electron chi connectivity index (χ2n) is 9.60. The van der Waals surface area contributed by atoms with Crippen molar-refractivity contribution in [2.24, 2.45) is 5.41 Å².